The molecule has 17 heavy (non-hydrogen) atoms. The molecule has 1 aromatic carbocycles. The van der Waals surface area contributed by atoms with Crippen molar-refractivity contribution in [3.63, 3.8) is 0 Å². The van der Waals surface area contributed by atoms with Crippen molar-refractivity contribution in [1.82, 2.24) is 5.32 Å². The van der Waals surface area contributed by atoms with Gasteiger partial charge in [-0.3, -0.25) is 4.79 Å². The maximum Gasteiger partial charge on any atom is 0.303 e. The number of nitrogens with one attached hydrogen (secondary N) is 1. The van der Waals surface area contributed by atoms with Crippen LogP contribution in [0.4, 0.5) is 0 Å². The summed E-state index contributed by atoms with van der Waals surface area (Å²) in [7, 11) is 1.84. The van der Waals surface area contributed by atoms with Gasteiger partial charge in [0.05, 0.1) is 6.61 Å². The highest BCUT2D eigenvalue weighted by Gasteiger charge is 2.11. The molecule has 0 aliphatic heterocycles. The van der Waals surface area contributed by atoms with Crippen molar-refractivity contribution in [2.45, 2.75) is 25.8 Å². The summed E-state index contributed by atoms with van der Waals surface area (Å²) < 4.78 is 5.36. The lowest BCUT2D eigenvalue weighted by atomic mass is 10.0. The average Bonchev–Trinajstić information content (AvgIpc) is 2.32. The molecule has 0 saturated heterocycles. The predicted octanol–water partition coefficient (Wildman–Crippen LogP) is 2.21. The van der Waals surface area contributed by atoms with Gasteiger partial charge in [-0.05, 0) is 38.1 Å². The molecule has 1 aromatic rings. The van der Waals surface area contributed by atoms with Gasteiger partial charge in [0.2, 0.25) is 0 Å². The van der Waals surface area contributed by atoms with Gasteiger partial charge in [-0.25, -0.2) is 0 Å². The molecular weight excluding hydrogens is 218 g/mol. The van der Waals surface area contributed by atoms with Gasteiger partial charge >= 0.3 is 5.97 Å². The summed E-state index contributed by atoms with van der Waals surface area (Å²) in [5.41, 5.74) is 1.08. The van der Waals surface area contributed by atoms with Crippen molar-refractivity contribution in [2.75, 3.05) is 13.7 Å². The first-order chi connectivity index (χ1) is 8.17. The zero-order valence-electron chi connectivity index (χ0n) is 10.3. The van der Waals surface area contributed by atoms with Crippen LogP contribution in [0.2, 0.25) is 0 Å². The minimum Gasteiger partial charge on any atom is -0.494 e. The van der Waals surface area contributed by atoms with Gasteiger partial charge in [-0.2, -0.15) is 0 Å². The van der Waals surface area contributed by atoms with Crippen LogP contribution < -0.4 is 10.1 Å². The van der Waals surface area contributed by atoms with Crippen molar-refractivity contribution >= 4 is 5.97 Å². The molecule has 0 fully saturated rings. The first-order valence-corrected chi connectivity index (χ1v) is 5.79. The highest BCUT2D eigenvalue weighted by molar-refractivity contribution is 5.66. The first-order valence-electron chi connectivity index (χ1n) is 5.79. The standard InChI is InChI=1S/C13H19NO3/c1-3-17-11-6-4-10(5-7-11)12(14-2)8-9-13(15)16/h4-7,12,14H,3,8-9H2,1-2H3,(H,15,16). The molecule has 2 N–H and O–H groups in total. The van der Waals surface area contributed by atoms with E-state index in [-0.39, 0.29) is 12.5 Å². The van der Waals surface area contributed by atoms with Gasteiger partial charge in [-0.15, -0.1) is 0 Å². The second-order valence-electron chi connectivity index (χ2n) is 3.78. The summed E-state index contributed by atoms with van der Waals surface area (Å²) in [6.45, 7) is 2.59. The molecule has 1 atom stereocenters. The van der Waals surface area contributed by atoms with Gasteiger partial charge in [0.25, 0.3) is 0 Å². The number of carboxylic acids is 1. The summed E-state index contributed by atoms with van der Waals surface area (Å²) in [5.74, 6) is 0.0699. The van der Waals surface area contributed by atoms with Crippen LogP contribution in [0.25, 0.3) is 0 Å². The van der Waals surface area contributed by atoms with E-state index in [0.29, 0.717) is 13.0 Å². The molecule has 4 nitrogen and oxygen atoms in total. The SMILES string of the molecule is CCOc1ccc(C(CCC(=O)O)NC)cc1. The quantitative estimate of drug-likeness (QED) is 0.763. The smallest absolute Gasteiger partial charge is 0.303 e. The summed E-state index contributed by atoms with van der Waals surface area (Å²) in [6.07, 6.45) is 0.749. The summed E-state index contributed by atoms with van der Waals surface area (Å²) >= 11 is 0. The van der Waals surface area contributed by atoms with Gasteiger partial charge < -0.3 is 15.2 Å². The maximum absolute atomic E-state index is 10.5. The summed E-state index contributed by atoms with van der Waals surface area (Å²) in [6, 6.07) is 7.82. The number of hydrogen-bond acceptors (Lipinski definition) is 3. The Labute approximate surface area is 102 Å². The third-order valence-electron chi connectivity index (χ3n) is 2.59. The number of ether oxygens (including phenoxy) is 1. The van der Waals surface area contributed by atoms with E-state index in [1.807, 2.05) is 38.2 Å². The zero-order chi connectivity index (χ0) is 12.7. The van der Waals surface area contributed by atoms with Crippen molar-refractivity contribution in [3.05, 3.63) is 29.8 Å². The third kappa shape index (κ3) is 4.44. The number of carbonyl (C=O) groups is 1. The maximum atomic E-state index is 10.5. The largest absolute Gasteiger partial charge is 0.494 e. The highest BCUT2D eigenvalue weighted by Crippen LogP contribution is 2.21. The molecule has 1 unspecified atom stereocenters. The lowest BCUT2D eigenvalue weighted by molar-refractivity contribution is -0.137. The van der Waals surface area contributed by atoms with E-state index >= 15 is 0 Å². The Balaban J connectivity index is 2.64. The molecule has 0 saturated carbocycles. The van der Waals surface area contributed by atoms with Crippen LogP contribution in [0.15, 0.2) is 24.3 Å². The Morgan fingerprint density at radius 3 is 2.53 bits per heavy atom. The molecule has 0 aromatic heterocycles. The second kappa shape index (κ2) is 6.91. The van der Waals surface area contributed by atoms with Crippen LogP contribution in [0.1, 0.15) is 31.4 Å². The normalized spacial score (nSPS) is 12.1. The molecule has 1 rings (SSSR count). The van der Waals surface area contributed by atoms with Crippen LogP contribution in [0, 0.1) is 0 Å². The molecule has 4 heteroatoms. The Hall–Kier alpha value is -1.55. The van der Waals surface area contributed by atoms with E-state index in [4.69, 9.17) is 9.84 Å². The van der Waals surface area contributed by atoms with E-state index in [1.54, 1.807) is 0 Å². The second-order valence-corrected chi connectivity index (χ2v) is 3.78. The van der Waals surface area contributed by atoms with Crippen molar-refractivity contribution in [1.29, 1.82) is 0 Å². The van der Waals surface area contributed by atoms with E-state index in [0.717, 1.165) is 11.3 Å². The van der Waals surface area contributed by atoms with Crippen LogP contribution in [-0.2, 0) is 4.79 Å². The molecule has 0 aliphatic rings. The molecule has 0 radical (unpaired) electrons. The molecular formula is C13H19NO3. The molecule has 94 valence electrons. The van der Waals surface area contributed by atoms with Gasteiger partial charge in [-0.1, -0.05) is 12.1 Å². The number of carboxylic acid groups (broad SMARTS) is 1. The number of hydrogen-bond donors (Lipinski definition) is 2. The first kappa shape index (κ1) is 13.5. The fourth-order valence-electron chi connectivity index (χ4n) is 1.71. The predicted molar refractivity (Wildman–Crippen MR) is 66.3 cm³/mol. The molecule has 0 heterocycles. The van der Waals surface area contributed by atoms with Gasteiger partial charge in [0, 0.05) is 12.5 Å². The van der Waals surface area contributed by atoms with Crippen LogP contribution in [0.3, 0.4) is 0 Å². The van der Waals surface area contributed by atoms with E-state index in [1.165, 1.54) is 0 Å². The summed E-state index contributed by atoms with van der Waals surface area (Å²) in [5, 5.41) is 11.8. The lowest BCUT2D eigenvalue weighted by Crippen LogP contribution is -2.17. The number of benzene rings is 1. The minimum atomic E-state index is -0.767. The molecule has 0 spiro atoms. The zero-order valence-corrected chi connectivity index (χ0v) is 10.3. The number of aliphatic carboxylic acids is 1. The van der Waals surface area contributed by atoms with Crippen LogP contribution in [0.5, 0.6) is 5.75 Å². The third-order valence-corrected chi connectivity index (χ3v) is 2.59. The topological polar surface area (TPSA) is 58.6 Å². The fraction of sp³-hybridized carbons (Fsp3) is 0.462. The van der Waals surface area contributed by atoms with Crippen molar-refractivity contribution in [2.24, 2.45) is 0 Å². The monoisotopic (exact) mass is 237 g/mol. The van der Waals surface area contributed by atoms with Gasteiger partial charge in [0.1, 0.15) is 5.75 Å². The van der Waals surface area contributed by atoms with Crippen LogP contribution >= 0.6 is 0 Å². The minimum absolute atomic E-state index is 0.0711. The van der Waals surface area contributed by atoms with Crippen molar-refractivity contribution < 1.29 is 14.6 Å². The van der Waals surface area contributed by atoms with E-state index in [9.17, 15) is 4.79 Å². The van der Waals surface area contributed by atoms with Gasteiger partial charge in [0.15, 0.2) is 0 Å². The Morgan fingerprint density at radius 2 is 2.06 bits per heavy atom. The number of rotatable bonds is 7. The average molecular weight is 237 g/mol. The molecule has 0 aliphatic carbocycles. The Bertz CT molecular complexity index is 348. The van der Waals surface area contributed by atoms with E-state index in [2.05, 4.69) is 5.32 Å². The summed E-state index contributed by atoms with van der Waals surface area (Å²) in [4.78, 5) is 10.5. The molecule has 0 amide bonds. The molecule has 0 bridgehead atoms. The Morgan fingerprint density at radius 1 is 1.41 bits per heavy atom. The lowest BCUT2D eigenvalue weighted by Gasteiger charge is -2.16. The van der Waals surface area contributed by atoms with Crippen LogP contribution in [-0.4, -0.2) is 24.7 Å². The highest BCUT2D eigenvalue weighted by atomic mass is 16.5. The van der Waals surface area contributed by atoms with E-state index < -0.39 is 5.97 Å². The Kier molecular flexibility index (Phi) is 5.49. The fourth-order valence-corrected chi connectivity index (χ4v) is 1.71. The van der Waals surface area contributed by atoms with Crippen molar-refractivity contribution in [3.8, 4) is 5.75 Å².